The molecule has 0 unspecified atom stereocenters. The highest BCUT2D eigenvalue weighted by Gasteiger charge is 2.28. The fraction of sp³-hybridized carbons (Fsp3) is 0.233. The lowest BCUT2D eigenvalue weighted by atomic mass is 10.0. The molecule has 1 heterocycles. The molecular weight excluding hydrogens is 438 g/mol. The van der Waals surface area contributed by atoms with Gasteiger partial charge in [0.15, 0.2) is 5.78 Å². The maximum atomic E-state index is 12.8. The summed E-state index contributed by atoms with van der Waals surface area (Å²) in [5, 5.41) is 0. The fourth-order valence-corrected chi connectivity index (χ4v) is 4.40. The van der Waals surface area contributed by atoms with Crippen LogP contribution in [0.25, 0.3) is 11.1 Å². The summed E-state index contributed by atoms with van der Waals surface area (Å²) >= 11 is 0. The molecule has 1 amide bonds. The topological polar surface area (TPSA) is 63.7 Å². The molecule has 1 fully saturated rings. The molecule has 0 aliphatic carbocycles. The van der Waals surface area contributed by atoms with Crippen molar-refractivity contribution in [2.24, 2.45) is 0 Å². The van der Waals surface area contributed by atoms with E-state index in [1.165, 1.54) is 7.11 Å². The standard InChI is InChI=1S/C30H29NO4/c1-35-30(34)24-14-12-22(13-15-24)7-6-20-31-27(17-19-29(31)33)16-18-28(32)26-11-5-10-25(21-26)23-8-3-2-4-9-23/h2-5,8-16,18,21,27H,6-7,17,19-20H2,1H3/b18-16+/t27-/m0/s1. The van der Waals surface area contributed by atoms with E-state index < -0.39 is 0 Å². The number of allylic oxidation sites excluding steroid dienone is 1. The third-order valence-electron chi connectivity index (χ3n) is 6.34. The number of ketones is 1. The summed E-state index contributed by atoms with van der Waals surface area (Å²) < 4.78 is 4.73. The number of amides is 1. The minimum absolute atomic E-state index is 0.0622. The Morgan fingerprint density at radius 2 is 1.69 bits per heavy atom. The molecule has 1 aliphatic heterocycles. The quantitative estimate of drug-likeness (QED) is 0.237. The molecule has 0 spiro atoms. The van der Waals surface area contributed by atoms with E-state index in [0.717, 1.165) is 36.0 Å². The van der Waals surface area contributed by atoms with Crippen molar-refractivity contribution in [1.82, 2.24) is 4.90 Å². The first-order valence-corrected chi connectivity index (χ1v) is 11.9. The number of hydrogen-bond acceptors (Lipinski definition) is 4. The van der Waals surface area contributed by atoms with Gasteiger partial charge in [0, 0.05) is 18.5 Å². The van der Waals surface area contributed by atoms with E-state index >= 15 is 0 Å². The van der Waals surface area contributed by atoms with Gasteiger partial charge in [-0.25, -0.2) is 4.79 Å². The van der Waals surface area contributed by atoms with Crippen molar-refractivity contribution in [3.05, 3.63) is 108 Å². The Hall–Kier alpha value is -3.99. The Labute approximate surface area is 206 Å². The molecule has 0 N–H and O–H groups in total. The maximum absolute atomic E-state index is 12.8. The van der Waals surface area contributed by atoms with Crippen LogP contribution in [-0.2, 0) is 16.0 Å². The van der Waals surface area contributed by atoms with Crippen LogP contribution in [0.3, 0.4) is 0 Å². The fourth-order valence-electron chi connectivity index (χ4n) is 4.40. The molecule has 0 aromatic heterocycles. The van der Waals surface area contributed by atoms with E-state index in [2.05, 4.69) is 0 Å². The van der Waals surface area contributed by atoms with E-state index in [-0.39, 0.29) is 23.7 Å². The molecule has 1 atom stereocenters. The molecular formula is C30H29NO4. The normalized spacial score (nSPS) is 15.5. The number of carbonyl (C=O) groups is 3. The molecule has 4 rings (SSSR count). The number of carbonyl (C=O) groups excluding carboxylic acids is 3. The molecule has 3 aromatic rings. The average Bonchev–Trinajstić information content (AvgIpc) is 3.26. The smallest absolute Gasteiger partial charge is 0.337 e. The lowest BCUT2D eigenvalue weighted by Gasteiger charge is -2.22. The highest BCUT2D eigenvalue weighted by atomic mass is 16.5. The van der Waals surface area contributed by atoms with Gasteiger partial charge in [-0.05, 0) is 60.2 Å². The highest BCUT2D eigenvalue weighted by Crippen LogP contribution is 2.23. The summed E-state index contributed by atoms with van der Waals surface area (Å²) in [6.07, 6.45) is 6.30. The van der Waals surface area contributed by atoms with Crippen LogP contribution >= 0.6 is 0 Å². The van der Waals surface area contributed by atoms with Gasteiger partial charge in [-0.15, -0.1) is 0 Å². The van der Waals surface area contributed by atoms with Crippen molar-refractivity contribution in [3.8, 4) is 11.1 Å². The van der Waals surface area contributed by atoms with E-state index in [9.17, 15) is 14.4 Å². The Kier molecular flexibility index (Phi) is 7.88. The van der Waals surface area contributed by atoms with Gasteiger partial charge in [0.1, 0.15) is 0 Å². The van der Waals surface area contributed by atoms with Crippen LogP contribution in [0.1, 0.15) is 45.5 Å². The molecule has 0 radical (unpaired) electrons. The van der Waals surface area contributed by atoms with Crippen LogP contribution in [-0.4, -0.2) is 42.3 Å². The van der Waals surface area contributed by atoms with Crippen LogP contribution in [0, 0.1) is 0 Å². The van der Waals surface area contributed by atoms with Gasteiger partial charge in [0.2, 0.25) is 5.91 Å². The Morgan fingerprint density at radius 1 is 0.943 bits per heavy atom. The summed E-state index contributed by atoms with van der Waals surface area (Å²) in [5.41, 5.74) is 4.33. The Balaban J connectivity index is 1.35. The predicted molar refractivity (Wildman–Crippen MR) is 136 cm³/mol. The number of methoxy groups -OCH3 is 1. The zero-order chi connectivity index (χ0) is 24.6. The number of esters is 1. The van der Waals surface area contributed by atoms with Crippen LogP contribution in [0.2, 0.25) is 0 Å². The summed E-state index contributed by atoms with van der Waals surface area (Å²) in [6, 6.07) is 24.9. The summed E-state index contributed by atoms with van der Waals surface area (Å²) in [5.74, 6) is -0.290. The summed E-state index contributed by atoms with van der Waals surface area (Å²) in [7, 11) is 1.36. The SMILES string of the molecule is COC(=O)c1ccc(CCCN2C(=O)CC[C@@H]2/C=C/C(=O)c2cccc(-c3ccccc3)c2)cc1. The van der Waals surface area contributed by atoms with Gasteiger partial charge in [0.05, 0.1) is 18.7 Å². The van der Waals surface area contributed by atoms with E-state index in [4.69, 9.17) is 4.74 Å². The second kappa shape index (κ2) is 11.4. The van der Waals surface area contributed by atoms with Crippen LogP contribution in [0.5, 0.6) is 0 Å². The molecule has 5 nitrogen and oxygen atoms in total. The molecule has 3 aromatic carbocycles. The zero-order valence-electron chi connectivity index (χ0n) is 19.9. The number of ether oxygens (including phenoxy) is 1. The second-order valence-corrected chi connectivity index (χ2v) is 8.66. The first-order valence-electron chi connectivity index (χ1n) is 11.9. The van der Waals surface area contributed by atoms with Gasteiger partial charge in [-0.2, -0.15) is 0 Å². The van der Waals surface area contributed by atoms with Gasteiger partial charge in [-0.3, -0.25) is 9.59 Å². The van der Waals surface area contributed by atoms with Gasteiger partial charge >= 0.3 is 5.97 Å². The number of hydrogen-bond donors (Lipinski definition) is 0. The first kappa shape index (κ1) is 24.1. The monoisotopic (exact) mass is 467 g/mol. The van der Waals surface area contributed by atoms with Gasteiger partial charge in [-0.1, -0.05) is 66.7 Å². The number of nitrogens with zero attached hydrogens (tertiary/aromatic N) is 1. The van der Waals surface area contributed by atoms with E-state index in [1.807, 2.05) is 77.7 Å². The first-order chi connectivity index (χ1) is 17.0. The molecule has 5 heteroatoms. The number of benzene rings is 3. The van der Waals surface area contributed by atoms with Crippen molar-refractivity contribution < 1.29 is 19.1 Å². The largest absolute Gasteiger partial charge is 0.465 e. The summed E-state index contributed by atoms with van der Waals surface area (Å²) in [6.45, 7) is 0.629. The number of rotatable bonds is 9. The Bertz CT molecular complexity index is 1210. The van der Waals surface area contributed by atoms with Crippen LogP contribution in [0.15, 0.2) is 91.0 Å². The van der Waals surface area contributed by atoms with E-state index in [0.29, 0.717) is 24.1 Å². The van der Waals surface area contributed by atoms with Crippen molar-refractivity contribution in [2.75, 3.05) is 13.7 Å². The number of aryl methyl sites for hydroxylation is 1. The average molecular weight is 468 g/mol. The lowest BCUT2D eigenvalue weighted by molar-refractivity contribution is -0.128. The Morgan fingerprint density at radius 3 is 2.43 bits per heavy atom. The van der Waals surface area contributed by atoms with Crippen molar-refractivity contribution in [3.63, 3.8) is 0 Å². The molecule has 0 bridgehead atoms. The van der Waals surface area contributed by atoms with Crippen molar-refractivity contribution >= 4 is 17.7 Å². The van der Waals surface area contributed by atoms with Crippen LogP contribution < -0.4 is 0 Å². The third kappa shape index (κ3) is 6.12. The second-order valence-electron chi connectivity index (χ2n) is 8.66. The summed E-state index contributed by atoms with van der Waals surface area (Å²) in [4.78, 5) is 38.7. The highest BCUT2D eigenvalue weighted by molar-refractivity contribution is 6.05. The third-order valence-corrected chi connectivity index (χ3v) is 6.34. The van der Waals surface area contributed by atoms with Crippen molar-refractivity contribution in [1.29, 1.82) is 0 Å². The number of likely N-dealkylation sites (tertiary alicyclic amines) is 1. The maximum Gasteiger partial charge on any atom is 0.337 e. The lowest BCUT2D eigenvalue weighted by Crippen LogP contribution is -2.33. The molecule has 1 aliphatic rings. The van der Waals surface area contributed by atoms with Gasteiger partial charge in [0.25, 0.3) is 0 Å². The predicted octanol–water partition coefficient (Wildman–Crippen LogP) is 5.50. The van der Waals surface area contributed by atoms with Crippen LogP contribution in [0.4, 0.5) is 0 Å². The molecule has 1 saturated heterocycles. The van der Waals surface area contributed by atoms with Crippen molar-refractivity contribution in [2.45, 2.75) is 31.7 Å². The van der Waals surface area contributed by atoms with E-state index in [1.54, 1.807) is 18.2 Å². The minimum atomic E-state index is -0.352. The molecule has 35 heavy (non-hydrogen) atoms. The molecule has 0 saturated carbocycles. The zero-order valence-corrected chi connectivity index (χ0v) is 19.9. The minimum Gasteiger partial charge on any atom is -0.465 e. The van der Waals surface area contributed by atoms with Gasteiger partial charge < -0.3 is 9.64 Å². The molecule has 178 valence electrons.